The predicted octanol–water partition coefficient (Wildman–Crippen LogP) is 3.05. The summed E-state index contributed by atoms with van der Waals surface area (Å²) in [5.74, 6) is -1.58. The molecule has 1 aliphatic rings. The zero-order valence-electron chi connectivity index (χ0n) is 11.5. The van der Waals surface area contributed by atoms with Crippen LogP contribution in [-0.2, 0) is 11.2 Å². The van der Waals surface area contributed by atoms with Crippen molar-refractivity contribution >= 4 is 0 Å². The van der Waals surface area contributed by atoms with Crippen LogP contribution in [0.15, 0.2) is 18.2 Å². The van der Waals surface area contributed by atoms with Crippen molar-refractivity contribution in [2.75, 3.05) is 6.54 Å². The number of hydrogen-bond donors (Lipinski definition) is 1. The lowest BCUT2D eigenvalue weighted by Crippen LogP contribution is -2.41. The van der Waals surface area contributed by atoms with Gasteiger partial charge in [-0.1, -0.05) is 13.0 Å². The fourth-order valence-corrected chi connectivity index (χ4v) is 2.65. The van der Waals surface area contributed by atoms with Crippen LogP contribution in [0.4, 0.5) is 8.78 Å². The molecular weight excluding hydrogens is 248 g/mol. The smallest absolute Gasteiger partial charge is 0.159 e. The van der Waals surface area contributed by atoms with Gasteiger partial charge >= 0.3 is 0 Å². The minimum atomic E-state index is -0.797. The van der Waals surface area contributed by atoms with Gasteiger partial charge in [-0.05, 0) is 50.4 Å². The van der Waals surface area contributed by atoms with Crippen molar-refractivity contribution < 1.29 is 13.5 Å². The Labute approximate surface area is 113 Å². The first-order valence-corrected chi connectivity index (χ1v) is 6.93. The molecule has 2 nitrogen and oxygen atoms in total. The summed E-state index contributed by atoms with van der Waals surface area (Å²) in [6, 6.07) is 4.25. The van der Waals surface area contributed by atoms with Crippen molar-refractivity contribution in [2.45, 2.75) is 51.4 Å². The van der Waals surface area contributed by atoms with Crippen LogP contribution < -0.4 is 5.32 Å². The number of rotatable bonds is 5. The Morgan fingerprint density at radius 3 is 2.68 bits per heavy atom. The van der Waals surface area contributed by atoms with Crippen molar-refractivity contribution in [3.8, 4) is 0 Å². The van der Waals surface area contributed by atoms with Gasteiger partial charge in [0.05, 0.1) is 12.2 Å². The Balaban J connectivity index is 2.05. The fourth-order valence-electron chi connectivity index (χ4n) is 2.65. The molecule has 0 bridgehead atoms. The van der Waals surface area contributed by atoms with Gasteiger partial charge in [0.25, 0.3) is 0 Å². The number of benzene rings is 1. The topological polar surface area (TPSA) is 21.3 Å². The summed E-state index contributed by atoms with van der Waals surface area (Å²) in [5, 5.41) is 3.39. The lowest BCUT2D eigenvalue weighted by Gasteiger charge is -2.24. The Bertz CT molecular complexity index is 425. The van der Waals surface area contributed by atoms with Crippen molar-refractivity contribution in [1.82, 2.24) is 5.32 Å². The van der Waals surface area contributed by atoms with E-state index in [-0.39, 0.29) is 18.2 Å². The van der Waals surface area contributed by atoms with E-state index in [2.05, 4.69) is 12.2 Å². The van der Waals surface area contributed by atoms with Crippen LogP contribution in [0.5, 0.6) is 0 Å². The number of likely N-dealkylation sites (N-methyl/N-ethyl adjacent to an activating group) is 1. The molecule has 1 fully saturated rings. The van der Waals surface area contributed by atoms with Gasteiger partial charge in [0.1, 0.15) is 0 Å². The van der Waals surface area contributed by atoms with Crippen LogP contribution in [0, 0.1) is 11.6 Å². The summed E-state index contributed by atoms with van der Waals surface area (Å²) in [6.45, 7) is 4.94. The van der Waals surface area contributed by atoms with E-state index in [4.69, 9.17) is 4.74 Å². The van der Waals surface area contributed by atoms with Crippen molar-refractivity contribution in [1.29, 1.82) is 0 Å². The molecule has 3 atom stereocenters. The molecule has 19 heavy (non-hydrogen) atoms. The average Bonchev–Trinajstić information content (AvgIpc) is 2.80. The van der Waals surface area contributed by atoms with E-state index in [1.54, 1.807) is 6.07 Å². The first kappa shape index (κ1) is 14.4. The quantitative estimate of drug-likeness (QED) is 0.887. The van der Waals surface area contributed by atoms with Gasteiger partial charge in [-0.15, -0.1) is 0 Å². The molecule has 1 aromatic rings. The molecule has 1 heterocycles. The number of halogens is 2. The van der Waals surface area contributed by atoms with E-state index < -0.39 is 11.6 Å². The third-order valence-electron chi connectivity index (χ3n) is 3.62. The molecule has 0 radical (unpaired) electrons. The van der Waals surface area contributed by atoms with Gasteiger partial charge in [0, 0.05) is 6.04 Å². The predicted molar refractivity (Wildman–Crippen MR) is 71.1 cm³/mol. The van der Waals surface area contributed by atoms with Gasteiger partial charge in [0.2, 0.25) is 0 Å². The molecule has 3 unspecified atom stereocenters. The molecule has 1 saturated heterocycles. The highest BCUT2D eigenvalue weighted by atomic mass is 19.2. The Hall–Kier alpha value is -1.00. The summed E-state index contributed by atoms with van der Waals surface area (Å²) in [6.07, 6.45) is 3.18. The minimum absolute atomic E-state index is 0.153. The maximum Gasteiger partial charge on any atom is 0.159 e. The van der Waals surface area contributed by atoms with Gasteiger partial charge in [-0.2, -0.15) is 0 Å². The first-order valence-electron chi connectivity index (χ1n) is 6.93. The molecule has 4 heteroatoms. The molecule has 0 spiro atoms. The summed E-state index contributed by atoms with van der Waals surface area (Å²) in [4.78, 5) is 0. The van der Waals surface area contributed by atoms with Crippen LogP contribution in [-0.4, -0.2) is 24.8 Å². The van der Waals surface area contributed by atoms with E-state index in [0.717, 1.165) is 24.9 Å². The van der Waals surface area contributed by atoms with Crippen molar-refractivity contribution in [3.63, 3.8) is 0 Å². The van der Waals surface area contributed by atoms with E-state index >= 15 is 0 Å². The Morgan fingerprint density at radius 2 is 2.11 bits per heavy atom. The number of nitrogens with one attached hydrogen (secondary N) is 1. The van der Waals surface area contributed by atoms with Gasteiger partial charge in [-0.3, -0.25) is 0 Å². The molecule has 1 aliphatic heterocycles. The van der Waals surface area contributed by atoms with Crippen LogP contribution >= 0.6 is 0 Å². The van der Waals surface area contributed by atoms with Crippen LogP contribution in [0.25, 0.3) is 0 Å². The van der Waals surface area contributed by atoms with Gasteiger partial charge in [-0.25, -0.2) is 8.78 Å². The zero-order valence-corrected chi connectivity index (χ0v) is 11.5. The average molecular weight is 269 g/mol. The molecule has 106 valence electrons. The second-order valence-electron chi connectivity index (χ2n) is 5.18. The summed E-state index contributed by atoms with van der Waals surface area (Å²) >= 11 is 0. The standard InChI is InChI=1S/C15H21F2NO/c1-3-18-14(15-7-4-10(2)19-15)9-11-5-6-12(16)13(17)8-11/h5-6,8,10,14-15,18H,3-4,7,9H2,1-2H3. The SMILES string of the molecule is CCNC(Cc1ccc(F)c(F)c1)C1CCC(C)O1. The molecule has 0 aromatic heterocycles. The van der Waals surface area contributed by atoms with E-state index in [9.17, 15) is 8.78 Å². The summed E-state index contributed by atoms with van der Waals surface area (Å²) < 4.78 is 32.0. The fraction of sp³-hybridized carbons (Fsp3) is 0.600. The number of ether oxygens (including phenoxy) is 1. The van der Waals surface area contributed by atoms with Crippen LogP contribution in [0.2, 0.25) is 0 Å². The highest BCUT2D eigenvalue weighted by Gasteiger charge is 2.29. The minimum Gasteiger partial charge on any atom is -0.374 e. The molecule has 0 aliphatic carbocycles. The largest absolute Gasteiger partial charge is 0.374 e. The van der Waals surface area contributed by atoms with Crippen molar-refractivity contribution in [2.24, 2.45) is 0 Å². The second-order valence-corrected chi connectivity index (χ2v) is 5.18. The van der Waals surface area contributed by atoms with E-state index in [0.29, 0.717) is 6.42 Å². The Morgan fingerprint density at radius 1 is 1.32 bits per heavy atom. The number of hydrogen-bond acceptors (Lipinski definition) is 2. The van der Waals surface area contributed by atoms with Crippen molar-refractivity contribution in [3.05, 3.63) is 35.4 Å². The van der Waals surface area contributed by atoms with Gasteiger partial charge < -0.3 is 10.1 Å². The van der Waals surface area contributed by atoms with E-state index in [1.807, 2.05) is 6.92 Å². The molecule has 0 amide bonds. The van der Waals surface area contributed by atoms with Crippen LogP contribution in [0.1, 0.15) is 32.3 Å². The highest BCUT2D eigenvalue weighted by molar-refractivity contribution is 5.19. The lowest BCUT2D eigenvalue weighted by molar-refractivity contribution is 0.0324. The van der Waals surface area contributed by atoms with Gasteiger partial charge in [0.15, 0.2) is 11.6 Å². The second kappa shape index (κ2) is 6.44. The normalized spacial score (nSPS) is 24.6. The molecule has 1 N–H and O–H groups in total. The maximum atomic E-state index is 13.2. The first-order chi connectivity index (χ1) is 9.10. The Kier molecular flexibility index (Phi) is 4.88. The zero-order chi connectivity index (χ0) is 13.8. The lowest BCUT2D eigenvalue weighted by atomic mass is 9.99. The van der Waals surface area contributed by atoms with Crippen LogP contribution in [0.3, 0.4) is 0 Å². The summed E-state index contributed by atoms with van der Waals surface area (Å²) in [7, 11) is 0. The molecule has 0 saturated carbocycles. The van der Waals surface area contributed by atoms with E-state index in [1.165, 1.54) is 12.1 Å². The molecule has 1 aromatic carbocycles. The molecule has 2 rings (SSSR count). The highest BCUT2D eigenvalue weighted by Crippen LogP contribution is 2.24. The monoisotopic (exact) mass is 269 g/mol. The maximum absolute atomic E-state index is 13.2. The molecular formula is C15H21F2NO. The summed E-state index contributed by atoms with van der Waals surface area (Å²) in [5.41, 5.74) is 0.799. The third kappa shape index (κ3) is 3.74. The third-order valence-corrected chi connectivity index (χ3v) is 3.62.